The fraction of sp³-hybridized carbons (Fsp3) is 0.632. The monoisotopic (exact) mass is 318 g/mol. The zero-order chi connectivity index (χ0) is 16.8. The van der Waals surface area contributed by atoms with E-state index in [0.717, 1.165) is 32.4 Å². The number of benzene rings is 1. The number of nitrogens with one attached hydrogen (secondary N) is 1. The van der Waals surface area contributed by atoms with Crippen LogP contribution < -0.4 is 5.32 Å². The van der Waals surface area contributed by atoms with Gasteiger partial charge in [0, 0.05) is 18.6 Å². The Morgan fingerprint density at radius 3 is 2.39 bits per heavy atom. The summed E-state index contributed by atoms with van der Waals surface area (Å²) in [4.78, 5) is 12.9. The number of hydrogen-bond acceptors (Lipinski definition) is 3. The predicted octanol–water partition coefficient (Wildman–Crippen LogP) is 2.91. The van der Waals surface area contributed by atoms with Crippen molar-refractivity contribution in [3.05, 3.63) is 35.4 Å². The number of carboxylic acid groups (broad SMARTS) is 1. The molecule has 0 heterocycles. The highest BCUT2D eigenvalue weighted by molar-refractivity contribution is 5.69. The van der Waals surface area contributed by atoms with Crippen LogP contribution >= 0.6 is 0 Å². The lowest BCUT2D eigenvalue weighted by molar-refractivity contribution is -0.139. The van der Waals surface area contributed by atoms with E-state index in [0.29, 0.717) is 18.0 Å². The summed E-state index contributed by atoms with van der Waals surface area (Å²) < 4.78 is 0. The Labute approximate surface area is 139 Å². The topological polar surface area (TPSA) is 52.6 Å². The molecule has 1 fully saturated rings. The highest BCUT2D eigenvalue weighted by Crippen LogP contribution is 2.25. The van der Waals surface area contributed by atoms with E-state index in [-0.39, 0.29) is 6.54 Å². The van der Waals surface area contributed by atoms with Crippen LogP contribution in [0.25, 0.3) is 0 Å². The Morgan fingerprint density at radius 1 is 1.26 bits per heavy atom. The molecule has 128 valence electrons. The summed E-state index contributed by atoms with van der Waals surface area (Å²) in [5.74, 6) is -0.0389. The molecule has 0 aromatic heterocycles. The van der Waals surface area contributed by atoms with Crippen molar-refractivity contribution in [2.75, 3.05) is 13.1 Å². The van der Waals surface area contributed by atoms with Gasteiger partial charge in [-0.15, -0.1) is 0 Å². The molecule has 0 saturated heterocycles. The Bertz CT molecular complexity index is 493. The molecule has 2 N–H and O–H groups in total. The SMILES string of the molecule is CCN(CC(=O)O)C1CC(NCc2ccc(CC(C)C)cc2)C1. The van der Waals surface area contributed by atoms with Crippen molar-refractivity contribution in [2.24, 2.45) is 5.92 Å². The third kappa shape index (κ3) is 5.63. The van der Waals surface area contributed by atoms with Gasteiger partial charge in [0.15, 0.2) is 0 Å². The molecule has 1 saturated carbocycles. The molecule has 1 aliphatic rings. The fourth-order valence-corrected chi connectivity index (χ4v) is 3.25. The first kappa shape index (κ1) is 18.0. The average molecular weight is 318 g/mol. The second-order valence-corrected chi connectivity index (χ2v) is 7.07. The van der Waals surface area contributed by atoms with Gasteiger partial charge in [-0.05, 0) is 42.9 Å². The molecule has 0 unspecified atom stereocenters. The van der Waals surface area contributed by atoms with E-state index in [4.69, 9.17) is 5.11 Å². The second-order valence-electron chi connectivity index (χ2n) is 7.07. The van der Waals surface area contributed by atoms with E-state index in [9.17, 15) is 4.79 Å². The van der Waals surface area contributed by atoms with E-state index >= 15 is 0 Å². The number of nitrogens with zero attached hydrogens (tertiary/aromatic N) is 1. The lowest BCUT2D eigenvalue weighted by Crippen LogP contribution is -2.53. The number of hydrogen-bond donors (Lipinski definition) is 2. The molecular formula is C19H30N2O2. The third-order valence-corrected chi connectivity index (χ3v) is 4.64. The van der Waals surface area contributed by atoms with Crippen molar-refractivity contribution in [1.82, 2.24) is 10.2 Å². The van der Waals surface area contributed by atoms with Crippen molar-refractivity contribution < 1.29 is 9.90 Å². The van der Waals surface area contributed by atoms with Gasteiger partial charge in [-0.1, -0.05) is 45.0 Å². The molecule has 0 atom stereocenters. The quantitative estimate of drug-likeness (QED) is 0.735. The van der Waals surface area contributed by atoms with Crippen LogP contribution in [0, 0.1) is 5.92 Å². The lowest BCUT2D eigenvalue weighted by Gasteiger charge is -2.42. The van der Waals surface area contributed by atoms with Gasteiger partial charge in [0.2, 0.25) is 0 Å². The Hall–Kier alpha value is -1.39. The molecule has 0 amide bonds. The van der Waals surface area contributed by atoms with Crippen LogP contribution in [-0.4, -0.2) is 41.1 Å². The van der Waals surface area contributed by atoms with Gasteiger partial charge in [-0.2, -0.15) is 0 Å². The number of carboxylic acids is 1. The summed E-state index contributed by atoms with van der Waals surface area (Å²) in [5.41, 5.74) is 2.72. The minimum atomic E-state index is -0.732. The molecule has 1 aliphatic carbocycles. The minimum absolute atomic E-state index is 0.158. The van der Waals surface area contributed by atoms with Gasteiger partial charge in [-0.3, -0.25) is 9.69 Å². The molecule has 1 aromatic carbocycles. The van der Waals surface area contributed by atoms with Crippen LogP contribution in [-0.2, 0) is 17.8 Å². The van der Waals surface area contributed by atoms with Gasteiger partial charge < -0.3 is 10.4 Å². The molecule has 4 nitrogen and oxygen atoms in total. The van der Waals surface area contributed by atoms with Crippen LogP contribution in [0.2, 0.25) is 0 Å². The maximum atomic E-state index is 10.8. The summed E-state index contributed by atoms with van der Waals surface area (Å²) >= 11 is 0. The maximum absolute atomic E-state index is 10.8. The minimum Gasteiger partial charge on any atom is -0.480 e. The van der Waals surface area contributed by atoms with Crippen molar-refractivity contribution >= 4 is 5.97 Å². The summed E-state index contributed by atoms with van der Waals surface area (Å²) in [6, 6.07) is 9.81. The number of carbonyl (C=O) groups is 1. The molecule has 0 bridgehead atoms. The largest absolute Gasteiger partial charge is 0.480 e. The molecule has 0 radical (unpaired) electrons. The highest BCUT2D eigenvalue weighted by atomic mass is 16.4. The zero-order valence-electron chi connectivity index (χ0n) is 14.6. The van der Waals surface area contributed by atoms with Crippen LogP contribution in [0.5, 0.6) is 0 Å². The Kier molecular flexibility index (Phi) is 6.60. The zero-order valence-corrected chi connectivity index (χ0v) is 14.6. The van der Waals surface area contributed by atoms with Crippen molar-refractivity contribution in [2.45, 2.75) is 58.7 Å². The van der Waals surface area contributed by atoms with Crippen molar-refractivity contribution in [3.8, 4) is 0 Å². The van der Waals surface area contributed by atoms with Crippen LogP contribution in [0.1, 0.15) is 44.7 Å². The number of aliphatic carboxylic acids is 1. The first-order valence-electron chi connectivity index (χ1n) is 8.75. The normalized spacial score (nSPS) is 20.7. The predicted molar refractivity (Wildman–Crippen MR) is 93.5 cm³/mol. The van der Waals surface area contributed by atoms with E-state index in [1.807, 2.05) is 6.92 Å². The smallest absolute Gasteiger partial charge is 0.317 e. The van der Waals surface area contributed by atoms with Crippen molar-refractivity contribution in [3.63, 3.8) is 0 Å². The van der Waals surface area contributed by atoms with E-state index in [1.54, 1.807) is 0 Å². The Morgan fingerprint density at radius 2 is 1.87 bits per heavy atom. The van der Waals surface area contributed by atoms with Gasteiger partial charge in [0.25, 0.3) is 0 Å². The van der Waals surface area contributed by atoms with Crippen molar-refractivity contribution in [1.29, 1.82) is 0 Å². The molecule has 2 rings (SSSR count). The first-order valence-corrected chi connectivity index (χ1v) is 8.75. The molecule has 4 heteroatoms. The Balaban J connectivity index is 1.71. The average Bonchev–Trinajstić information content (AvgIpc) is 2.45. The molecule has 23 heavy (non-hydrogen) atoms. The standard InChI is InChI=1S/C19H30N2O2/c1-4-21(13-19(22)23)18-10-17(11-18)20-12-16-7-5-15(6-8-16)9-14(2)3/h5-8,14,17-18,20H,4,9-13H2,1-3H3,(H,22,23). The number of rotatable bonds is 9. The number of likely N-dealkylation sites (N-methyl/N-ethyl adjacent to an activating group) is 1. The summed E-state index contributed by atoms with van der Waals surface area (Å²) in [6.07, 6.45) is 3.23. The molecule has 0 aliphatic heterocycles. The van der Waals surface area contributed by atoms with Crippen LogP contribution in [0.15, 0.2) is 24.3 Å². The molecule has 1 aromatic rings. The summed E-state index contributed by atoms with van der Waals surface area (Å²) in [5, 5.41) is 12.5. The summed E-state index contributed by atoms with van der Waals surface area (Å²) in [6.45, 7) is 8.37. The van der Waals surface area contributed by atoms with Gasteiger partial charge in [-0.25, -0.2) is 0 Å². The molecular weight excluding hydrogens is 288 g/mol. The van der Waals surface area contributed by atoms with E-state index in [1.165, 1.54) is 11.1 Å². The summed E-state index contributed by atoms with van der Waals surface area (Å²) in [7, 11) is 0. The van der Waals surface area contributed by atoms with Crippen LogP contribution in [0.3, 0.4) is 0 Å². The van der Waals surface area contributed by atoms with E-state index in [2.05, 4.69) is 48.3 Å². The first-order chi connectivity index (χ1) is 11.0. The van der Waals surface area contributed by atoms with Gasteiger partial charge >= 0.3 is 5.97 Å². The van der Waals surface area contributed by atoms with E-state index < -0.39 is 5.97 Å². The maximum Gasteiger partial charge on any atom is 0.317 e. The van der Waals surface area contributed by atoms with Crippen LogP contribution in [0.4, 0.5) is 0 Å². The second kappa shape index (κ2) is 8.46. The van der Waals surface area contributed by atoms with Gasteiger partial charge in [0.05, 0.1) is 6.54 Å². The lowest BCUT2D eigenvalue weighted by atomic mass is 9.85. The van der Waals surface area contributed by atoms with Gasteiger partial charge in [0.1, 0.15) is 0 Å². The molecule has 0 spiro atoms. The highest BCUT2D eigenvalue weighted by Gasteiger charge is 2.33. The third-order valence-electron chi connectivity index (χ3n) is 4.64. The fourth-order valence-electron chi connectivity index (χ4n) is 3.25.